The van der Waals surface area contributed by atoms with Crippen molar-refractivity contribution in [3.63, 3.8) is 0 Å². The van der Waals surface area contributed by atoms with Crippen LogP contribution in [0.2, 0.25) is 5.02 Å². The molecule has 7 nitrogen and oxygen atoms in total. The summed E-state index contributed by atoms with van der Waals surface area (Å²) in [5.74, 6) is -1.84. The van der Waals surface area contributed by atoms with Crippen molar-refractivity contribution >= 4 is 23.5 Å². The Kier molecular flexibility index (Phi) is 16.2. The van der Waals surface area contributed by atoms with Gasteiger partial charge in [0, 0.05) is 43.8 Å². The number of rotatable bonds is 13. The largest absolute Gasteiger partial charge is 0.480 e. The molecule has 2 aliphatic rings. The van der Waals surface area contributed by atoms with Crippen molar-refractivity contribution in [3.05, 3.63) is 129 Å². The Labute approximate surface area is 297 Å². The van der Waals surface area contributed by atoms with Gasteiger partial charge in [-0.15, -0.1) is 0 Å². The van der Waals surface area contributed by atoms with Crippen molar-refractivity contribution in [2.24, 2.45) is 5.41 Å². The van der Waals surface area contributed by atoms with E-state index in [-0.39, 0.29) is 18.1 Å². The molecule has 2 N–H and O–H groups in total. The molecule has 0 saturated carbocycles. The maximum atomic E-state index is 10.5. The summed E-state index contributed by atoms with van der Waals surface area (Å²) in [6.45, 7) is 15.5. The minimum atomic E-state index is -0.923. The molecule has 1 heterocycles. The molecule has 0 spiro atoms. The van der Waals surface area contributed by atoms with E-state index < -0.39 is 11.9 Å². The Morgan fingerprint density at radius 3 is 2.20 bits per heavy atom. The van der Waals surface area contributed by atoms with Crippen LogP contribution in [0.1, 0.15) is 71.0 Å². The first-order chi connectivity index (χ1) is 23.4. The van der Waals surface area contributed by atoms with Gasteiger partial charge in [-0.3, -0.25) is 9.80 Å². The van der Waals surface area contributed by atoms with Crippen LogP contribution in [0.4, 0.5) is 0 Å². The van der Waals surface area contributed by atoms with Gasteiger partial charge in [0.15, 0.2) is 0 Å². The van der Waals surface area contributed by atoms with E-state index in [1.54, 1.807) is 13.0 Å². The van der Waals surface area contributed by atoms with E-state index in [9.17, 15) is 9.59 Å². The second-order valence-electron chi connectivity index (χ2n) is 13.4. The van der Waals surface area contributed by atoms with E-state index in [1.807, 2.05) is 30.4 Å². The van der Waals surface area contributed by atoms with Crippen molar-refractivity contribution in [1.29, 1.82) is 0 Å². The van der Waals surface area contributed by atoms with E-state index in [0.29, 0.717) is 6.61 Å². The van der Waals surface area contributed by atoms with E-state index in [1.165, 1.54) is 47.6 Å². The first-order valence-electron chi connectivity index (χ1n) is 17.1. The van der Waals surface area contributed by atoms with Crippen LogP contribution >= 0.6 is 11.6 Å². The quantitative estimate of drug-likeness (QED) is 0.124. The standard InChI is InChI=1S/C21H25ClN2O3.C20H28O2/c22-19-8-6-18(7-9-19)21(17-4-2-1-3-5-17)24-12-10-23(11-13-24)14-15-27-16-20(25)26;1-15(8-6-9-16(2)14-19(21)22)11-12-18-17(3)10-7-13-20(18,4)5/h1-9,21H,10-16H2,(H,25,26);6,8-9,11-12,14H,7,10,13H2,1-5H3,(H,21,22)/b;9-6+,12-11+,15-8+,16-14+. The monoisotopic (exact) mass is 688 g/mol. The number of allylic oxidation sites excluding steroid dienone is 9. The number of hydrogen-bond acceptors (Lipinski definition) is 5. The number of nitrogens with zero attached hydrogens (tertiary/aromatic N) is 2. The Balaban J connectivity index is 0.000000272. The maximum Gasteiger partial charge on any atom is 0.329 e. The zero-order chi connectivity index (χ0) is 35.8. The van der Waals surface area contributed by atoms with Gasteiger partial charge in [-0.25, -0.2) is 9.59 Å². The highest BCUT2D eigenvalue weighted by molar-refractivity contribution is 6.30. The lowest BCUT2D eigenvalue weighted by molar-refractivity contribution is -0.142. The minimum absolute atomic E-state index is 0.203. The summed E-state index contributed by atoms with van der Waals surface area (Å²) in [6.07, 6.45) is 15.0. The van der Waals surface area contributed by atoms with Crippen LogP contribution in [0.5, 0.6) is 0 Å². The zero-order valence-corrected chi connectivity index (χ0v) is 30.5. The molecule has 1 atom stereocenters. The summed E-state index contributed by atoms with van der Waals surface area (Å²) in [5, 5.41) is 18.0. The van der Waals surface area contributed by atoms with Gasteiger partial charge in [-0.2, -0.15) is 0 Å². The van der Waals surface area contributed by atoms with Crippen molar-refractivity contribution < 1.29 is 24.5 Å². The third kappa shape index (κ3) is 13.9. The lowest BCUT2D eigenvalue weighted by atomic mass is 9.72. The van der Waals surface area contributed by atoms with Crippen LogP contribution < -0.4 is 0 Å². The van der Waals surface area contributed by atoms with Gasteiger partial charge in [0.2, 0.25) is 0 Å². The van der Waals surface area contributed by atoms with Crippen LogP contribution in [0.3, 0.4) is 0 Å². The van der Waals surface area contributed by atoms with Crippen molar-refractivity contribution in [1.82, 2.24) is 9.80 Å². The van der Waals surface area contributed by atoms with Crippen LogP contribution in [-0.4, -0.2) is 77.9 Å². The molecule has 2 aromatic rings. The first-order valence-corrected chi connectivity index (χ1v) is 17.4. The predicted molar refractivity (Wildman–Crippen MR) is 200 cm³/mol. The van der Waals surface area contributed by atoms with Gasteiger partial charge < -0.3 is 14.9 Å². The van der Waals surface area contributed by atoms with Gasteiger partial charge in [0.25, 0.3) is 0 Å². The second-order valence-corrected chi connectivity index (χ2v) is 13.9. The smallest absolute Gasteiger partial charge is 0.329 e. The Morgan fingerprint density at radius 1 is 0.939 bits per heavy atom. The topological polar surface area (TPSA) is 90.3 Å². The third-order valence-corrected chi connectivity index (χ3v) is 9.23. The molecule has 1 aliphatic heterocycles. The van der Waals surface area contributed by atoms with Crippen LogP contribution in [0.15, 0.2) is 113 Å². The zero-order valence-electron chi connectivity index (χ0n) is 29.7. The molecule has 0 radical (unpaired) electrons. The van der Waals surface area contributed by atoms with Gasteiger partial charge in [-0.05, 0) is 79.9 Å². The van der Waals surface area contributed by atoms with Crippen molar-refractivity contribution in [2.45, 2.75) is 59.9 Å². The van der Waals surface area contributed by atoms with Crippen LogP contribution in [0, 0.1) is 5.41 Å². The van der Waals surface area contributed by atoms with E-state index in [4.69, 9.17) is 26.6 Å². The molecule has 2 aromatic carbocycles. The summed E-state index contributed by atoms with van der Waals surface area (Å²) in [7, 11) is 0. The molecule has 1 aliphatic carbocycles. The molecule has 0 amide bonds. The predicted octanol–water partition coefficient (Wildman–Crippen LogP) is 8.75. The van der Waals surface area contributed by atoms with E-state index in [0.717, 1.165) is 48.9 Å². The van der Waals surface area contributed by atoms with E-state index in [2.05, 4.69) is 86.0 Å². The molecule has 1 fully saturated rings. The normalized spacial score (nSPS) is 18.4. The SMILES string of the molecule is CC1=C(/C=C/C(C)=C/C=C/C(C)=C/C(=O)O)C(C)(C)CCC1.O=C(O)COCCN1CCN(C(c2ccccc2)c2ccc(Cl)cc2)CC1. The number of aliphatic carboxylic acids is 2. The summed E-state index contributed by atoms with van der Waals surface area (Å²) in [6, 6.07) is 18.8. The number of carboxylic acid groups (broad SMARTS) is 2. The third-order valence-electron chi connectivity index (χ3n) is 8.98. The summed E-state index contributed by atoms with van der Waals surface area (Å²) in [4.78, 5) is 25.9. The average molecular weight is 689 g/mol. The van der Waals surface area contributed by atoms with Gasteiger partial charge in [-0.1, -0.05) is 109 Å². The lowest BCUT2D eigenvalue weighted by Gasteiger charge is -2.39. The molecule has 264 valence electrons. The highest BCUT2D eigenvalue weighted by Crippen LogP contribution is 2.40. The summed E-state index contributed by atoms with van der Waals surface area (Å²) >= 11 is 6.08. The molecular formula is C41H53ClN2O5. The van der Waals surface area contributed by atoms with Gasteiger partial charge in [0.1, 0.15) is 6.61 Å². The Bertz CT molecular complexity index is 1510. The number of benzene rings is 2. The molecule has 1 unspecified atom stereocenters. The fourth-order valence-electron chi connectivity index (χ4n) is 6.37. The minimum Gasteiger partial charge on any atom is -0.480 e. The molecular weight excluding hydrogens is 636 g/mol. The van der Waals surface area contributed by atoms with Crippen molar-refractivity contribution in [3.8, 4) is 0 Å². The van der Waals surface area contributed by atoms with Crippen LogP contribution in [0.25, 0.3) is 0 Å². The van der Waals surface area contributed by atoms with Crippen molar-refractivity contribution in [2.75, 3.05) is 45.9 Å². The highest BCUT2D eigenvalue weighted by atomic mass is 35.5. The maximum absolute atomic E-state index is 10.5. The van der Waals surface area contributed by atoms with Gasteiger partial charge in [0.05, 0.1) is 12.6 Å². The number of hydrogen-bond donors (Lipinski definition) is 2. The number of carboxylic acids is 2. The molecule has 4 rings (SSSR count). The summed E-state index contributed by atoms with van der Waals surface area (Å²) in [5.41, 5.74) is 7.61. The summed E-state index contributed by atoms with van der Waals surface area (Å²) < 4.78 is 5.15. The van der Waals surface area contributed by atoms with E-state index >= 15 is 0 Å². The van der Waals surface area contributed by atoms with Gasteiger partial charge >= 0.3 is 11.9 Å². The highest BCUT2D eigenvalue weighted by Gasteiger charge is 2.27. The second kappa shape index (κ2) is 20.1. The lowest BCUT2D eigenvalue weighted by Crippen LogP contribution is -2.48. The first kappa shape index (κ1) is 39.7. The fourth-order valence-corrected chi connectivity index (χ4v) is 6.49. The number of halogens is 1. The number of ether oxygens (including phenoxy) is 1. The molecule has 1 saturated heterocycles. The molecule has 8 heteroatoms. The molecule has 49 heavy (non-hydrogen) atoms. The Morgan fingerprint density at radius 2 is 1.59 bits per heavy atom. The van der Waals surface area contributed by atoms with Crippen LogP contribution in [-0.2, 0) is 14.3 Å². The average Bonchev–Trinajstić information content (AvgIpc) is 3.05. The number of piperazine rings is 1. The number of carbonyl (C=O) groups is 2. The molecule has 0 bridgehead atoms. The molecule has 0 aromatic heterocycles. The fraction of sp³-hybridized carbons (Fsp3) is 0.415. The Hall–Kier alpha value is -3.75.